The number of rotatable bonds is 3. The molecule has 0 aliphatic rings. The third kappa shape index (κ3) is 8.98. The van der Waals surface area contributed by atoms with Crippen molar-refractivity contribution in [1.82, 2.24) is 0 Å². The van der Waals surface area contributed by atoms with Crippen LogP contribution in [0.1, 0.15) is 0 Å². The lowest BCUT2D eigenvalue weighted by atomic mass is 10.4. The fourth-order valence-electron chi connectivity index (χ4n) is 0.667. The van der Waals surface area contributed by atoms with Gasteiger partial charge >= 0.3 is 0 Å². The van der Waals surface area contributed by atoms with E-state index in [0.29, 0.717) is 0 Å². The zero-order chi connectivity index (χ0) is 8.81. The smallest absolute Gasteiger partial charge is 0.0648 e. The molecule has 1 rings (SSSR count). The van der Waals surface area contributed by atoms with Crippen LogP contribution in [0.25, 0.3) is 0 Å². The molecule has 0 fully saturated rings. The molecular formula is C9H13O5S-. The summed E-state index contributed by atoms with van der Waals surface area (Å²) in [7, 11) is 0. The molecule has 0 radical (unpaired) electrons. The first-order valence-corrected chi connectivity index (χ1v) is 4.26. The topological polar surface area (TPSA) is 135 Å². The largest absolute Gasteiger partial charge is 0.545 e. The van der Waals surface area contributed by atoms with Crippen molar-refractivity contribution >= 4 is 17.7 Å². The molecule has 0 spiro atoms. The molecule has 6 heteroatoms. The molecule has 1 aromatic carbocycles. The zero-order valence-corrected chi connectivity index (χ0v) is 8.58. The van der Waals surface area contributed by atoms with Gasteiger partial charge in [-0.2, -0.15) is 0 Å². The van der Waals surface area contributed by atoms with E-state index in [-0.39, 0.29) is 16.4 Å². The van der Waals surface area contributed by atoms with Crippen molar-refractivity contribution in [3.8, 4) is 0 Å². The number of thioether (sulfide) groups is 1. The molecule has 6 N–H and O–H groups in total. The highest BCUT2D eigenvalue weighted by Gasteiger charge is 1.85. The first-order valence-electron chi connectivity index (χ1n) is 3.38. The molecule has 0 saturated carbocycles. The zero-order valence-electron chi connectivity index (χ0n) is 7.77. The van der Waals surface area contributed by atoms with Crippen LogP contribution in [0.2, 0.25) is 0 Å². The summed E-state index contributed by atoms with van der Waals surface area (Å²) < 4.78 is 0. The summed E-state index contributed by atoms with van der Waals surface area (Å²) in [5, 5.41) is 11.5. The molecule has 0 heterocycles. The SMILES string of the molecule is O.O.O.O=C([O-])/C=C/Sc1ccccc1. The maximum atomic E-state index is 9.98. The Morgan fingerprint density at radius 3 is 2.13 bits per heavy atom. The monoisotopic (exact) mass is 233 g/mol. The summed E-state index contributed by atoms with van der Waals surface area (Å²) in [6, 6.07) is 9.52. The summed E-state index contributed by atoms with van der Waals surface area (Å²) in [5.41, 5.74) is 0. The van der Waals surface area contributed by atoms with Gasteiger partial charge in [0.1, 0.15) is 0 Å². The average Bonchev–Trinajstić information content (AvgIpc) is 2.05. The van der Waals surface area contributed by atoms with Crippen molar-refractivity contribution < 1.29 is 26.3 Å². The van der Waals surface area contributed by atoms with Gasteiger partial charge in [-0.15, -0.1) is 0 Å². The average molecular weight is 233 g/mol. The van der Waals surface area contributed by atoms with Crippen molar-refractivity contribution in [3.05, 3.63) is 41.8 Å². The molecule has 0 unspecified atom stereocenters. The summed E-state index contributed by atoms with van der Waals surface area (Å²) in [4.78, 5) is 11.0. The molecule has 0 aromatic heterocycles. The second-order valence-corrected chi connectivity index (χ2v) is 3.03. The van der Waals surface area contributed by atoms with Crippen LogP contribution in [-0.2, 0) is 4.79 Å². The fraction of sp³-hybridized carbons (Fsp3) is 0. The van der Waals surface area contributed by atoms with Crippen LogP contribution in [-0.4, -0.2) is 22.4 Å². The predicted molar refractivity (Wildman–Crippen MR) is 57.3 cm³/mol. The number of aliphatic carboxylic acids is 1. The molecule has 15 heavy (non-hydrogen) atoms. The lowest BCUT2D eigenvalue weighted by Crippen LogP contribution is -2.18. The van der Waals surface area contributed by atoms with E-state index in [0.717, 1.165) is 11.0 Å². The predicted octanol–water partition coefficient (Wildman–Crippen LogP) is -1.43. The summed E-state index contributed by atoms with van der Waals surface area (Å²) >= 11 is 1.35. The van der Waals surface area contributed by atoms with Crippen LogP contribution in [0.4, 0.5) is 0 Å². The highest BCUT2D eigenvalue weighted by molar-refractivity contribution is 8.02. The number of carboxylic acids is 1. The lowest BCUT2D eigenvalue weighted by Gasteiger charge is -1.93. The molecule has 0 aliphatic heterocycles. The molecule has 0 amide bonds. The first-order chi connectivity index (χ1) is 5.79. The van der Waals surface area contributed by atoms with Gasteiger partial charge in [0.25, 0.3) is 0 Å². The van der Waals surface area contributed by atoms with Gasteiger partial charge in [0.2, 0.25) is 0 Å². The van der Waals surface area contributed by atoms with Crippen molar-refractivity contribution in [3.63, 3.8) is 0 Å². The Morgan fingerprint density at radius 1 is 1.13 bits per heavy atom. The summed E-state index contributed by atoms with van der Waals surface area (Å²) in [6.07, 6.45) is 1.01. The maximum absolute atomic E-state index is 9.98. The Bertz CT molecular complexity index is 286. The van der Waals surface area contributed by atoms with E-state index in [2.05, 4.69) is 0 Å². The van der Waals surface area contributed by atoms with Gasteiger partial charge in [0.05, 0.1) is 5.97 Å². The van der Waals surface area contributed by atoms with Crippen LogP contribution >= 0.6 is 11.8 Å². The molecular weight excluding hydrogens is 220 g/mol. The maximum Gasteiger partial charge on any atom is 0.0648 e. The highest BCUT2D eigenvalue weighted by atomic mass is 32.2. The molecule has 0 bridgehead atoms. The second kappa shape index (κ2) is 10.7. The lowest BCUT2D eigenvalue weighted by molar-refractivity contribution is -0.297. The summed E-state index contributed by atoms with van der Waals surface area (Å²) in [6.45, 7) is 0. The van der Waals surface area contributed by atoms with E-state index >= 15 is 0 Å². The van der Waals surface area contributed by atoms with Gasteiger partial charge in [0, 0.05) is 4.90 Å². The standard InChI is InChI=1S/C9H8O2S.3H2O/c10-9(11)6-7-12-8-4-2-1-3-5-8;;;/h1-7H,(H,10,11);3*1H2/p-1/b7-6+;;;. The van der Waals surface area contributed by atoms with E-state index in [1.807, 2.05) is 30.3 Å². The van der Waals surface area contributed by atoms with Gasteiger partial charge in [-0.25, -0.2) is 0 Å². The number of hydrogen-bond donors (Lipinski definition) is 0. The van der Waals surface area contributed by atoms with E-state index in [1.165, 1.54) is 17.2 Å². The van der Waals surface area contributed by atoms with Gasteiger partial charge in [-0.05, 0) is 23.6 Å². The summed E-state index contributed by atoms with van der Waals surface area (Å²) in [5.74, 6) is -1.17. The van der Waals surface area contributed by atoms with E-state index in [1.54, 1.807) is 0 Å². The Hall–Kier alpha value is -1.34. The van der Waals surface area contributed by atoms with Crippen molar-refractivity contribution in [2.75, 3.05) is 0 Å². The minimum atomic E-state index is -1.17. The van der Waals surface area contributed by atoms with Crippen LogP contribution in [0.5, 0.6) is 0 Å². The van der Waals surface area contributed by atoms with Crippen LogP contribution < -0.4 is 5.11 Å². The van der Waals surface area contributed by atoms with Gasteiger partial charge in [0.15, 0.2) is 0 Å². The third-order valence-corrected chi connectivity index (χ3v) is 1.97. The normalized spacial score (nSPS) is 8.27. The number of carboxylic acid groups (broad SMARTS) is 1. The fourth-order valence-corrected chi connectivity index (χ4v) is 1.32. The first kappa shape index (κ1) is 19.3. The Kier molecular flexibility index (Phi) is 13.8. The quantitative estimate of drug-likeness (QED) is 0.467. The minimum absolute atomic E-state index is 0. The Morgan fingerprint density at radius 2 is 1.67 bits per heavy atom. The van der Waals surface area contributed by atoms with Crippen molar-refractivity contribution in [1.29, 1.82) is 0 Å². The van der Waals surface area contributed by atoms with Gasteiger partial charge in [-0.1, -0.05) is 30.0 Å². The number of benzene rings is 1. The number of carbonyl (C=O) groups excluding carboxylic acids is 1. The molecule has 5 nitrogen and oxygen atoms in total. The molecule has 1 aromatic rings. The van der Waals surface area contributed by atoms with Crippen molar-refractivity contribution in [2.24, 2.45) is 0 Å². The van der Waals surface area contributed by atoms with Crippen LogP contribution in [0.3, 0.4) is 0 Å². The number of carbonyl (C=O) groups is 1. The minimum Gasteiger partial charge on any atom is -0.545 e. The Labute approximate surface area is 91.4 Å². The van der Waals surface area contributed by atoms with E-state index in [4.69, 9.17) is 0 Å². The van der Waals surface area contributed by atoms with E-state index in [9.17, 15) is 9.90 Å². The Balaban J connectivity index is -0.000000480. The third-order valence-electron chi connectivity index (χ3n) is 1.15. The van der Waals surface area contributed by atoms with Gasteiger partial charge < -0.3 is 26.3 Å². The molecule has 0 atom stereocenters. The molecule has 0 saturated heterocycles. The van der Waals surface area contributed by atoms with E-state index < -0.39 is 5.97 Å². The van der Waals surface area contributed by atoms with Crippen LogP contribution in [0, 0.1) is 0 Å². The van der Waals surface area contributed by atoms with Crippen molar-refractivity contribution in [2.45, 2.75) is 4.90 Å². The van der Waals surface area contributed by atoms with Gasteiger partial charge in [-0.3, -0.25) is 0 Å². The molecule has 86 valence electrons. The molecule has 0 aliphatic carbocycles. The van der Waals surface area contributed by atoms with Crippen LogP contribution in [0.15, 0.2) is 46.7 Å². The number of hydrogen-bond acceptors (Lipinski definition) is 3. The second-order valence-electron chi connectivity index (χ2n) is 2.05. The highest BCUT2D eigenvalue weighted by Crippen LogP contribution is 2.17.